The Morgan fingerprint density at radius 1 is 1.26 bits per heavy atom. The molecule has 0 aliphatic carbocycles. The van der Waals surface area contributed by atoms with E-state index < -0.39 is 6.04 Å². The van der Waals surface area contributed by atoms with Crippen LogP contribution < -0.4 is 10.6 Å². The second kappa shape index (κ2) is 7.40. The Balaban J connectivity index is 1.76. The number of aromatic nitrogens is 1. The number of hydrogen-bond acceptors (Lipinski definition) is 4. The number of halogens is 1. The molecule has 1 aliphatic heterocycles. The molecule has 0 spiro atoms. The first-order chi connectivity index (χ1) is 13.1. The molecule has 0 bridgehead atoms. The van der Waals surface area contributed by atoms with E-state index in [2.05, 4.69) is 15.6 Å². The molecule has 1 saturated heterocycles. The molecule has 138 valence electrons. The third kappa shape index (κ3) is 3.53. The molecule has 27 heavy (non-hydrogen) atoms. The molecule has 4 rings (SSSR count). The van der Waals surface area contributed by atoms with Gasteiger partial charge in [-0.15, -0.1) is 0 Å². The SMILES string of the molecule is O=C(N[C@H]1CCCCNC1=O)c1cc(-c2ccco2)nc2c(Cl)cccc12. The fourth-order valence-electron chi connectivity index (χ4n) is 3.26. The lowest BCUT2D eigenvalue weighted by Gasteiger charge is -2.16. The largest absolute Gasteiger partial charge is 0.463 e. The van der Waals surface area contributed by atoms with E-state index in [0.717, 1.165) is 12.8 Å². The van der Waals surface area contributed by atoms with Gasteiger partial charge in [-0.25, -0.2) is 4.98 Å². The number of pyridine rings is 1. The second-order valence-electron chi connectivity index (χ2n) is 6.48. The summed E-state index contributed by atoms with van der Waals surface area (Å²) in [7, 11) is 0. The number of hydrogen-bond donors (Lipinski definition) is 2. The van der Waals surface area contributed by atoms with Crippen molar-refractivity contribution in [3.05, 3.63) is 53.2 Å². The lowest BCUT2D eigenvalue weighted by molar-refractivity contribution is -0.122. The van der Waals surface area contributed by atoms with E-state index in [1.807, 2.05) is 0 Å². The van der Waals surface area contributed by atoms with Crippen LogP contribution in [0.3, 0.4) is 0 Å². The molecule has 3 heterocycles. The van der Waals surface area contributed by atoms with E-state index in [1.165, 1.54) is 0 Å². The maximum atomic E-state index is 13.0. The topological polar surface area (TPSA) is 84.2 Å². The number of rotatable bonds is 3. The van der Waals surface area contributed by atoms with Crippen LogP contribution in [0.25, 0.3) is 22.4 Å². The van der Waals surface area contributed by atoms with Gasteiger partial charge >= 0.3 is 0 Å². The molecule has 1 atom stereocenters. The summed E-state index contributed by atoms with van der Waals surface area (Å²) in [5.41, 5.74) is 1.44. The molecule has 1 aromatic carbocycles. The van der Waals surface area contributed by atoms with Crippen molar-refractivity contribution >= 4 is 34.3 Å². The fraction of sp³-hybridized carbons (Fsp3) is 0.250. The molecule has 2 N–H and O–H groups in total. The summed E-state index contributed by atoms with van der Waals surface area (Å²) in [6.45, 7) is 0.641. The van der Waals surface area contributed by atoms with E-state index in [9.17, 15) is 9.59 Å². The smallest absolute Gasteiger partial charge is 0.252 e. The molecule has 0 unspecified atom stereocenters. The standard InChI is InChI=1S/C20H18ClN3O3/c21-14-6-3-5-12-13(11-16(23-18(12)14)17-8-4-10-27-17)19(25)24-15-7-1-2-9-22-20(15)26/h3-6,8,10-11,15H,1-2,7,9H2,(H,22,26)(H,24,25)/t15-/m0/s1. The molecule has 0 radical (unpaired) electrons. The van der Waals surface area contributed by atoms with Gasteiger partial charge in [-0.1, -0.05) is 23.7 Å². The van der Waals surface area contributed by atoms with Crippen molar-refractivity contribution in [2.45, 2.75) is 25.3 Å². The van der Waals surface area contributed by atoms with Gasteiger partial charge in [0.05, 0.1) is 22.4 Å². The van der Waals surface area contributed by atoms with Crippen molar-refractivity contribution in [2.75, 3.05) is 6.54 Å². The number of carbonyl (C=O) groups is 2. The van der Waals surface area contributed by atoms with Crippen LogP contribution >= 0.6 is 11.6 Å². The first kappa shape index (κ1) is 17.5. The molecule has 1 fully saturated rings. The average Bonchev–Trinajstić information content (AvgIpc) is 3.13. The summed E-state index contributed by atoms with van der Waals surface area (Å²) in [5, 5.41) is 6.76. The van der Waals surface area contributed by atoms with Gasteiger partial charge in [0.1, 0.15) is 11.7 Å². The lowest BCUT2D eigenvalue weighted by Crippen LogP contribution is -2.45. The molecule has 6 nitrogen and oxygen atoms in total. The minimum absolute atomic E-state index is 0.150. The predicted octanol–water partition coefficient (Wildman–Crippen LogP) is 3.55. The molecular formula is C20H18ClN3O3. The van der Waals surface area contributed by atoms with Gasteiger partial charge in [0.15, 0.2) is 5.76 Å². The number of amides is 2. The minimum Gasteiger partial charge on any atom is -0.463 e. The monoisotopic (exact) mass is 383 g/mol. The van der Waals surface area contributed by atoms with Crippen molar-refractivity contribution < 1.29 is 14.0 Å². The van der Waals surface area contributed by atoms with Gasteiger partial charge < -0.3 is 15.1 Å². The normalized spacial score (nSPS) is 17.4. The predicted molar refractivity (Wildman–Crippen MR) is 103 cm³/mol. The number of furan rings is 1. The summed E-state index contributed by atoms with van der Waals surface area (Å²) in [5.74, 6) is 0.0566. The van der Waals surface area contributed by atoms with Gasteiger partial charge in [-0.3, -0.25) is 9.59 Å². The van der Waals surface area contributed by atoms with Crippen LogP contribution in [0.5, 0.6) is 0 Å². The zero-order valence-electron chi connectivity index (χ0n) is 14.5. The van der Waals surface area contributed by atoms with Crippen LogP contribution in [-0.4, -0.2) is 29.4 Å². The molecule has 1 aliphatic rings. The van der Waals surface area contributed by atoms with Crippen LogP contribution in [0.1, 0.15) is 29.6 Å². The Kier molecular flexibility index (Phi) is 4.81. The molecule has 3 aromatic rings. The van der Waals surface area contributed by atoms with E-state index >= 15 is 0 Å². The van der Waals surface area contributed by atoms with Gasteiger partial charge in [0.2, 0.25) is 5.91 Å². The highest BCUT2D eigenvalue weighted by atomic mass is 35.5. The van der Waals surface area contributed by atoms with Crippen LogP contribution in [0.2, 0.25) is 5.02 Å². The Bertz CT molecular complexity index is 1000. The molecule has 2 amide bonds. The molecule has 0 saturated carbocycles. The Morgan fingerprint density at radius 3 is 2.96 bits per heavy atom. The van der Waals surface area contributed by atoms with Gasteiger partial charge in [0.25, 0.3) is 5.91 Å². The molecule has 2 aromatic heterocycles. The van der Waals surface area contributed by atoms with Crippen LogP contribution in [-0.2, 0) is 4.79 Å². The minimum atomic E-state index is -0.547. The van der Waals surface area contributed by atoms with Crippen molar-refractivity contribution in [3.8, 4) is 11.5 Å². The highest BCUT2D eigenvalue weighted by Crippen LogP contribution is 2.29. The third-order valence-electron chi connectivity index (χ3n) is 4.65. The number of nitrogens with zero attached hydrogens (tertiary/aromatic N) is 1. The quantitative estimate of drug-likeness (QED) is 0.724. The Labute approximate surface area is 160 Å². The van der Waals surface area contributed by atoms with Crippen molar-refractivity contribution in [3.63, 3.8) is 0 Å². The van der Waals surface area contributed by atoms with Crippen molar-refractivity contribution in [1.29, 1.82) is 0 Å². The Morgan fingerprint density at radius 2 is 2.15 bits per heavy atom. The molecular weight excluding hydrogens is 366 g/mol. The van der Waals surface area contributed by atoms with E-state index in [0.29, 0.717) is 45.9 Å². The maximum Gasteiger partial charge on any atom is 0.252 e. The average molecular weight is 384 g/mol. The van der Waals surface area contributed by atoms with E-state index in [1.54, 1.807) is 42.7 Å². The first-order valence-corrected chi connectivity index (χ1v) is 9.23. The van der Waals surface area contributed by atoms with Gasteiger partial charge in [-0.05, 0) is 43.5 Å². The van der Waals surface area contributed by atoms with Crippen LogP contribution in [0.15, 0.2) is 47.1 Å². The van der Waals surface area contributed by atoms with E-state index in [4.69, 9.17) is 16.0 Å². The summed E-state index contributed by atoms with van der Waals surface area (Å²) in [6.07, 6.45) is 3.95. The number of carbonyl (C=O) groups excluding carboxylic acids is 2. The number of fused-ring (bicyclic) bond motifs is 1. The van der Waals surface area contributed by atoms with Crippen LogP contribution in [0, 0.1) is 0 Å². The van der Waals surface area contributed by atoms with Gasteiger partial charge in [0, 0.05) is 11.9 Å². The first-order valence-electron chi connectivity index (χ1n) is 8.85. The molecule has 7 heteroatoms. The summed E-state index contributed by atoms with van der Waals surface area (Å²) >= 11 is 6.31. The van der Waals surface area contributed by atoms with Crippen LogP contribution in [0.4, 0.5) is 0 Å². The third-order valence-corrected chi connectivity index (χ3v) is 4.95. The van der Waals surface area contributed by atoms with Crippen molar-refractivity contribution in [2.24, 2.45) is 0 Å². The highest BCUT2D eigenvalue weighted by molar-refractivity contribution is 6.35. The highest BCUT2D eigenvalue weighted by Gasteiger charge is 2.24. The summed E-state index contributed by atoms with van der Waals surface area (Å²) in [6, 6.07) is 9.94. The van der Waals surface area contributed by atoms with Crippen molar-refractivity contribution in [1.82, 2.24) is 15.6 Å². The maximum absolute atomic E-state index is 13.0. The summed E-state index contributed by atoms with van der Waals surface area (Å²) < 4.78 is 5.43. The lowest BCUT2D eigenvalue weighted by atomic mass is 10.0. The Hall–Kier alpha value is -2.86. The number of para-hydroxylation sites is 1. The van der Waals surface area contributed by atoms with E-state index in [-0.39, 0.29) is 11.8 Å². The zero-order chi connectivity index (χ0) is 18.8. The fourth-order valence-corrected chi connectivity index (χ4v) is 3.48. The second-order valence-corrected chi connectivity index (χ2v) is 6.89. The number of nitrogens with one attached hydrogen (secondary N) is 2. The van der Waals surface area contributed by atoms with Gasteiger partial charge in [-0.2, -0.15) is 0 Å². The summed E-state index contributed by atoms with van der Waals surface area (Å²) in [4.78, 5) is 29.8. The zero-order valence-corrected chi connectivity index (χ0v) is 15.3. The number of benzene rings is 1.